The first-order valence-electron chi connectivity index (χ1n) is 8.38. The van der Waals surface area contributed by atoms with Crippen LogP contribution in [0.25, 0.3) is 0 Å². The number of urea groups is 1. The molecule has 2 amide bonds. The molecule has 130 valence electrons. The molecule has 1 aromatic heterocycles. The molecule has 23 heavy (non-hydrogen) atoms. The Hall–Kier alpha value is -1.60. The predicted octanol–water partition coefficient (Wildman–Crippen LogP) is 1.07. The molecule has 0 radical (unpaired) electrons. The molecular formula is C16H29N5O2. The lowest BCUT2D eigenvalue weighted by Crippen LogP contribution is -2.58. The highest BCUT2D eigenvalue weighted by atomic mass is 16.5. The summed E-state index contributed by atoms with van der Waals surface area (Å²) in [5.74, 6) is 0. The lowest BCUT2D eigenvalue weighted by Gasteiger charge is -2.43. The molecule has 1 aliphatic heterocycles. The normalized spacial score (nSPS) is 19.8. The van der Waals surface area contributed by atoms with Crippen molar-refractivity contribution in [3.05, 3.63) is 18.5 Å². The molecular weight excluding hydrogens is 294 g/mol. The number of nitrogens with one attached hydrogen (secondary N) is 2. The zero-order valence-corrected chi connectivity index (χ0v) is 14.4. The fourth-order valence-corrected chi connectivity index (χ4v) is 2.84. The monoisotopic (exact) mass is 323 g/mol. The van der Waals surface area contributed by atoms with Crippen LogP contribution in [0.4, 0.5) is 4.79 Å². The summed E-state index contributed by atoms with van der Waals surface area (Å²) in [6.07, 6.45) is 4.61. The maximum Gasteiger partial charge on any atom is 0.315 e. The molecule has 0 aromatic carbocycles. The van der Waals surface area contributed by atoms with Crippen molar-refractivity contribution in [3.8, 4) is 0 Å². The number of aromatic nitrogens is 2. The summed E-state index contributed by atoms with van der Waals surface area (Å²) in [7, 11) is 0. The molecule has 1 aromatic rings. The van der Waals surface area contributed by atoms with Gasteiger partial charge in [0.1, 0.15) is 0 Å². The Bertz CT molecular complexity index is 473. The van der Waals surface area contributed by atoms with Gasteiger partial charge in [-0.15, -0.1) is 0 Å². The van der Waals surface area contributed by atoms with Gasteiger partial charge in [-0.3, -0.25) is 9.58 Å². The Morgan fingerprint density at radius 2 is 2.17 bits per heavy atom. The molecule has 1 saturated heterocycles. The quantitative estimate of drug-likeness (QED) is 0.787. The van der Waals surface area contributed by atoms with Crippen molar-refractivity contribution in [2.75, 3.05) is 32.8 Å². The van der Waals surface area contributed by atoms with E-state index in [0.29, 0.717) is 13.1 Å². The number of rotatable bonds is 7. The highest BCUT2D eigenvalue weighted by Gasteiger charge is 2.31. The van der Waals surface area contributed by atoms with E-state index in [1.54, 1.807) is 6.20 Å². The van der Waals surface area contributed by atoms with Crippen LogP contribution in [0.15, 0.2) is 18.5 Å². The van der Waals surface area contributed by atoms with Crippen molar-refractivity contribution in [3.63, 3.8) is 0 Å². The van der Waals surface area contributed by atoms with E-state index in [9.17, 15) is 4.79 Å². The molecule has 2 heterocycles. The summed E-state index contributed by atoms with van der Waals surface area (Å²) in [4.78, 5) is 14.5. The summed E-state index contributed by atoms with van der Waals surface area (Å²) < 4.78 is 7.23. The van der Waals surface area contributed by atoms with Crippen LogP contribution in [0.5, 0.6) is 0 Å². The van der Waals surface area contributed by atoms with Gasteiger partial charge in [0, 0.05) is 43.6 Å². The lowest BCUT2D eigenvalue weighted by molar-refractivity contribution is -0.0165. The third-order valence-electron chi connectivity index (χ3n) is 4.56. The number of carbonyl (C=O) groups excluding carboxylic acids is 1. The number of carbonyl (C=O) groups is 1. The summed E-state index contributed by atoms with van der Waals surface area (Å²) in [5, 5.41) is 10.1. The van der Waals surface area contributed by atoms with Gasteiger partial charge in [-0.1, -0.05) is 6.92 Å². The molecule has 0 bridgehead atoms. The van der Waals surface area contributed by atoms with Crippen molar-refractivity contribution >= 4 is 6.03 Å². The first-order valence-corrected chi connectivity index (χ1v) is 8.38. The van der Waals surface area contributed by atoms with Gasteiger partial charge in [0.15, 0.2) is 0 Å². The predicted molar refractivity (Wildman–Crippen MR) is 89.3 cm³/mol. The number of hydrogen-bond acceptors (Lipinski definition) is 4. The van der Waals surface area contributed by atoms with Gasteiger partial charge in [0.2, 0.25) is 0 Å². The Balaban J connectivity index is 1.77. The molecule has 7 nitrogen and oxygen atoms in total. The summed E-state index contributed by atoms with van der Waals surface area (Å²) >= 11 is 0. The maximum absolute atomic E-state index is 12.1. The minimum atomic E-state index is -0.127. The van der Waals surface area contributed by atoms with Crippen LogP contribution in [0.1, 0.15) is 27.2 Å². The highest BCUT2D eigenvalue weighted by Crippen LogP contribution is 2.19. The van der Waals surface area contributed by atoms with E-state index in [-0.39, 0.29) is 17.6 Å². The Morgan fingerprint density at radius 1 is 1.43 bits per heavy atom. The Labute approximate surface area is 138 Å². The van der Waals surface area contributed by atoms with Crippen LogP contribution in [0.3, 0.4) is 0 Å². The van der Waals surface area contributed by atoms with E-state index in [1.807, 2.05) is 23.9 Å². The number of amides is 2. The van der Waals surface area contributed by atoms with Crippen molar-refractivity contribution < 1.29 is 9.53 Å². The SMILES string of the molecule is CC[C@](C)(CNC(=O)N[C@@H](C)Cn1cccn1)N1CCOCC1. The highest BCUT2D eigenvalue weighted by molar-refractivity contribution is 5.74. The van der Waals surface area contributed by atoms with Gasteiger partial charge in [-0.05, 0) is 26.3 Å². The van der Waals surface area contributed by atoms with Crippen LogP contribution in [-0.4, -0.2) is 65.1 Å². The number of ether oxygens (including phenoxy) is 1. The first-order chi connectivity index (χ1) is 11.0. The second kappa shape index (κ2) is 8.31. The molecule has 0 saturated carbocycles. The van der Waals surface area contributed by atoms with Crippen molar-refractivity contribution in [1.82, 2.24) is 25.3 Å². The van der Waals surface area contributed by atoms with Crippen LogP contribution >= 0.6 is 0 Å². The third kappa shape index (κ3) is 5.21. The molecule has 2 N–H and O–H groups in total. The zero-order valence-electron chi connectivity index (χ0n) is 14.4. The fourth-order valence-electron chi connectivity index (χ4n) is 2.84. The fraction of sp³-hybridized carbons (Fsp3) is 0.750. The van der Waals surface area contributed by atoms with Crippen LogP contribution in [-0.2, 0) is 11.3 Å². The average molecular weight is 323 g/mol. The van der Waals surface area contributed by atoms with Gasteiger partial charge in [0.25, 0.3) is 0 Å². The molecule has 0 unspecified atom stereocenters. The largest absolute Gasteiger partial charge is 0.379 e. The van der Waals surface area contributed by atoms with Crippen LogP contribution in [0, 0.1) is 0 Å². The number of nitrogens with zero attached hydrogens (tertiary/aromatic N) is 3. The van der Waals surface area contributed by atoms with Crippen molar-refractivity contribution in [1.29, 1.82) is 0 Å². The van der Waals surface area contributed by atoms with Crippen molar-refractivity contribution in [2.24, 2.45) is 0 Å². The number of hydrogen-bond donors (Lipinski definition) is 2. The van der Waals surface area contributed by atoms with Gasteiger partial charge in [-0.25, -0.2) is 4.79 Å². The smallest absolute Gasteiger partial charge is 0.315 e. The van der Waals surface area contributed by atoms with Gasteiger partial charge < -0.3 is 15.4 Å². The molecule has 1 aliphatic rings. The van der Waals surface area contributed by atoms with E-state index in [4.69, 9.17) is 4.74 Å². The van der Waals surface area contributed by atoms with E-state index in [0.717, 1.165) is 32.7 Å². The summed E-state index contributed by atoms with van der Waals surface area (Å²) in [5.41, 5.74) is -0.0354. The van der Waals surface area contributed by atoms with E-state index >= 15 is 0 Å². The first kappa shape index (κ1) is 17.7. The van der Waals surface area contributed by atoms with Gasteiger partial charge in [0.05, 0.1) is 19.8 Å². The average Bonchev–Trinajstić information content (AvgIpc) is 3.06. The van der Waals surface area contributed by atoms with Crippen molar-refractivity contribution in [2.45, 2.75) is 45.3 Å². The standard InChI is InChI=1S/C16H29N5O2/c1-4-16(3,20-8-10-23-11-9-20)13-17-15(22)19-14(2)12-21-7-5-6-18-21/h5-7,14H,4,8-13H2,1-3H3,(H2,17,19,22)/t14-,16+/m0/s1. The second-order valence-electron chi connectivity index (χ2n) is 6.41. The number of morpholine rings is 1. The lowest BCUT2D eigenvalue weighted by atomic mass is 9.95. The van der Waals surface area contributed by atoms with E-state index in [2.05, 4.69) is 34.5 Å². The molecule has 0 spiro atoms. The van der Waals surface area contributed by atoms with E-state index in [1.165, 1.54) is 0 Å². The zero-order chi connectivity index (χ0) is 16.7. The third-order valence-corrected chi connectivity index (χ3v) is 4.56. The maximum atomic E-state index is 12.1. The minimum Gasteiger partial charge on any atom is -0.379 e. The molecule has 2 rings (SSSR count). The van der Waals surface area contributed by atoms with Crippen LogP contribution < -0.4 is 10.6 Å². The Morgan fingerprint density at radius 3 is 2.78 bits per heavy atom. The van der Waals surface area contributed by atoms with Gasteiger partial charge >= 0.3 is 6.03 Å². The second-order valence-corrected chi connectivity index (χ2v) is 6.41. The van der Waals surface area contributed by atoms with Gasteiger partial charge in [-0.2, -0.15) is 5.10 Å². The minimum absolute atomic E-state index is 0.0196. The molecule has 1 fully saturated rings. The molecule has 7 heteroatoms. The molecule has 2 atom stereocenters. The van der Waals surface area contributed by atoms with Crippen LogP contribution in [0.2, 0.25) is 0 Å². The topological polar surface area (TPSA) is 71.4 Å². The summed E-state index contributed by atoms with van der Waals surface area (Å²) in [6.45, 7) is 11.0. The molecule has 0 aliphatic carbocycles. The summed E-state index contributed by atoms with van der Waals surface area (Å²) in [6, 6.07) is 1.77. The Kier molecular flexibility index (Phi) is 6.41. The van der Waals surface area contributed by atoms with E-state index < -0.39 is 0 Å².